The molecule has 0 saturated carbocycles. The standard InChI is InChI=1S/C17H18N4O.C2H6/c18-8-4-11-21(14-15-5-2-1-3-6-15)12-7-17(22)16-13-19-9-10-20-16;1-2/h1-3,5-6,9-10,13H,4,7,11-12,14H2;1-2H3. The Labute approximate surface area is 144 Å². The van der Waals surface area contributed by atoms with Crippen LogP contribution < -0.4 is 0 Å². The first-order valence-corrected chi connectivity index (χ1v) is 8.22. The molecule has 1 aromatic heterocycles. The molecule has 5 nitrogen and oxygen atoms in total. The number of carbonyl (C=O) groups is 1. The van der Waals surface area contributed by atoms with Crippen molar-refractivity contribution in [2.75, 3.05) is 13.1 Å². The van der Waals surface area contributed by atoms with Crippen molar-refractivity contribution in [3.05, 3.63) is 60.2 Å². The Bertz CT molecular complexity index is 623. The number of Topliss-reactive ketones (excluding diaryl/α,β-unsaturated/α-hetero) is 1. The fraction of sp³-hybridized carbons (Fsp3) is 0.368. The van der Waals surface area contributed by atoms with Crippen LogP contribution in [-0.2, 0) is 6.54 Å². The zero-order valence-corrected chi connectivity index (χ0v) is 14.4. The lowest BCUT2D eigenvalue weighted by molar-refractivity contribution is 0.0957. The van der Waals surface area contributed by atoms with Crippen LogP contribution in [-0.4, -0.2) is 33.7 Å². The third kappa shape index (κ3) is 7.12. The molecule has 0 aliphatic rings. The Morgan fingerprint density at radius 2 is 1.92 bits per heavy atom. The van der Waals surface area contributed by atoms with E-state index in [2.05, 4.69) is 20.9 Å². The van der Waals surface area contributed by atoms with Gasteiger partial charge in [0.25, 0.3) is 0 Å². The van der Waals surface area contributed by atoms with Gasteiger partial charge in [0.1, 0.15) is 5.69 Å². The number of ketones is 1. The highest BCUT2D eigenvalue weighted by molar-refractivity contribution is 5.93. The molecule has 0 spiro atoms. The second-order valence-corrected chi connectivity index (χ2v) is 4.93. The maximum atomic E-state index is 12.1. The van der Waals surface area contributed by atoms with E-state index in [0.717, 1.165) is 6.54 Å². The van der Waals surface area contributed by atoms with E-state index in [1.165, 1.54) is 18.0 Å². The summed E-state index contributed by atoms with van der Waals surface area (Å²) in [5, 5.41) is 8.77. The number of rotatable bonds is 8. The van der Waals surface area contributed by atoms with E-state index in [1.807, 2.05) is 44.2 Å². The maximum absolute atomic E-state index is 12.1. The van der Waals surface area contributed by atoms with E-state index in [1.54, 1.807) is 6.20 Å². The summed E-state index contributed by atoms with van der Waals surface area (Å²) >= 11 is 0. The minimum absolute atomic E-state index is 0.0249. The van der Waals surface area contributed by atoms with Gasteiger partial charge < -0.3 is 0 Å². The zero-order chi connectivity index (χ0) is 17.6. The van der Waals surface area contributed by atoms with Crippen molar-refractivity contribution in [1.29, 1.82) is 5.26 Å². The van der Waals surface area contributed by atoms with Gasteiger partial charge >= 0.3 is 0 Å². The van der Waals surface area contributed by atoms with Crippen LogP contribution in [0.3, 0.4) is 0 Å². The number of nitriles is 1. The first-order chi connectivity index (χ1) is 11.8. The highest BCUT2D eigenvalue weighted by atomic mass is 16.1. The predicted molar refractivity (Wildman–Crippen MR) is 94.3 cm³/mol. The Morgan fingerprint density at radius 3 is 2.54 bits per heavy atom. The van der Waals surface area contributed by atoms with Gasteiger partial charge in [0.05, 0.1) is 12.3 Å². The topological polar surface area (TPSA) is 69.9 Å². The lowest BCUT2D eigenvalue weighted by Gasteiger charge is -2.20. The number of hydrogen-bond donors (Lipinski definition) is 0. The van der Waals surface area contributed by atoms with E-state index in [9.17, 15) is 4.79 Å². The van der Waals surface area contributed by atoms with Gasteiger partial charge in [-0.25, -0.2) is 4.98 Å². The van der Waals surface area contributed by atoms with E-state index in [-0.39, 0.29) is 5.78 Å². The van der Waals surface area contributed by atoms with Crippen LogP contribution in [0.4, 0.5) is 0 Å². The molecule has 0 aliphatic heterocycles. The molecule has 1 aromatic carbocycles. The quantitative estimate of drug-likeness (QED) is 0.695. The predicted octanol–water partition coefficient (Wildman–Crippen LogP) is 3.49. The lowest BCUT2D eigenvalue weighted by atomic mass is 10.1. The number of hydrogen-bond acceptors (Lipinski definition) is 5. The Balaban J connectivity index is 0.00000139. The summed E-state index contributed by atoms with van der Waals surface area (Å²) in [4.78, 5) is 22.1. The average molecular weight is 324 g/mol. The van der Waals surface area contributed by atoms with E-state index >= 15 is 0 Å². The molecule has 2 rings (SSSR count). The first kappa shape index (κ1) is 19.5. The minimum Gasteiger partial charge on any atom is -0.298 e. The molecule has 0 radical (unpaired) electrons. The normalized spacial score (nSPS) is 9.75. The summed E-state index contributed by atoms with van der Waals surface area (Å²) in [6, 6.07) is 12.2. The fourth-order valence-electron chi connectivity index (χ4n) is 2.15. The van der Waals surface area contributed by atoms with Gasteiger partial charge in [-0.15, -0.1) is 0 Å². The molecule has 0 unspecified atom stereocenters. The first-order valence-electron chi connectivity index (χ1n) is 8.22. The van der Waals surface area contributed by atoms with Crippen molar-refractivity contribution in [2.45, 2.75) is 33.2 Å². The fourth-order valence-corrected chi connectivity index (χ4v) is 2.15. The lowest BCUT2D eigenvalue weighted by Crippen LogP contribution is -2.27. The van der Waals surface area contributed by atoms with Crippen LogP contribution in [0.5, 0.6) is 0 Å². The molecule has 0 saturated heterocycles. The van der Waals surface area contributed by atoms with Crippen LogP contribution in [0, 0.1) is 11.3 Å². The number of benzene rings is 1. The van der Waals surface area contributed by atoms with Crippen molar-refractivity contribution in [1.82, 2.24) is 14.9 Å². The SMILES string of the molecule is CC.N#CCCN(CCC(=O)c1cnccn1)Cc1ccccc1. The molecule has 126 valence electrons. The molecule has 2 aromatic rings. The van der Waals surface area contributed by atoms with Gasteiger partial charge in [-0.05, 0) is 5.56 Å². The van der Waals surface area contributed by atoms with Crippen LogP contribution in [0.1, 0.15) is 42.7 Å². The molecule has 1 heterocycles. The molecular weight excluding hydrogens is 300 g/mol. The molecule has 0 N–H and O–H groups in total. The zero-order valence-electron chi connectivity index (χ0n) is 14.4. The van der Waals surface area contributed by atoms with Crippen LogP contribution in [0.25, 0.3) is 0 Å². The highest BCUT2D eigenvalue weighted by Crippen LogP contribution is 2.07. The molecule has 0 atom stereocenters. The maximum Gasteiger partial charge on any atom is 0.184 e. The molecule has 0 amide bonds. The Kier molecular flexibility index (Phi) is 9.67. The van der Waals surface area contributed by atoms with E-state index in [0.29, 0.717) is 31.6 Å². The van der Waals surface area contributed by atoms with Crippen LogP contribution in [0.15, 0.2) is 48.9 Å². The summed E-state index contributed by atoms with van der Waals surface area (Å²) in [5.41, 5.74) is 1.56. The van der Waals surface area contributed by atoms with Gasteiger partial charge in [-0.3, -0.25) is 14.7 Å². The summed E-state index contributed by atoms with van der Waals surface area (Å²) in [7, 11) is 0. The summed E-state index contributed by atoms with van der Waals surface area (Å²) in [5.74, 6) is -0.0249. The van der Waals surface area contributed by atoms with Crippen molar-refractivity contribution >= 4 is 5.78 Å². The van der Waals surface area contributed by atoms with Crippen molar-refractivity contribution < 1.29 is 4.79 Å². The molecule has 24 heavy (non-hydrogen) atoms. The summed E-state index contributed by atoms with van der Waals surface area (Å²) in [6.45, 7) is 5.99. The second kappa shape index (κ2) is 11.9. The molecule has 0 bridgehead atoms. The van der Waals surface area contributed by atoms with E-state index < -0.39 is 0 Å². The van der Waals surface area contributed by atoms with Gasteiger partial charge in [0, 0.05) is 44.9 Å². The molecular formula is C19H24N4O. The monoisotopic (exact) mass is 324 g/mol. The van der Waals surface area contributed by atoms with Crippen molar-refractivity contribution in [3.8, 4) is 6.07 Å². The second-order valence-electron chi connectivity index (χ2n) is 4.93. The number of carbonyl (C=O) groups excluding carboxylic acids is 1. The minimum atomic E-state index is -0.0249. The molecule has 5 heteroatoms. The highest BCUT2D eigenvalue weighted by Gasteiger charge is 2.11. The third-order valence-corrected chi connectivity index (χ3v) is 3.29. The van der Waals surface area contributed by atoms with Crippen LogP contribution in [0.2, 0.25) is 0 Å². The van der Waals surface area contributed by atoms with Gasteiger partial charge in [-0.2, -0.15) is 5.26 Å². The van der Waals surface area contributed by atoms with Crippen LogP contribution >= 0.6 is 0 Å². The number of nitrogens with zero attached hydrogens (tertiary/aromatic N) is 4. The average Bonchev–Trinajstić information content (AvgIpc) is 2.67. The van der Waals surface area contributed by atoms with Crippen molar-refractivity contribution in [2.24, 2.45) is 0 Å². The third-order valence-electron chi connectivity index (χ3n) is 3.29. The smallest absolute Gasteiger partial charge is 0.184 e. The number of aromatic nitrogens is 2. The summed E-state index contributed by atoms with van der Waals surface area (Å²) < 4.78 is 0. The molecule has 0 fully saturated rings. The van der Waals surface area contributed by atoms with Gasteiger partial charge in [0.15, 0.2) is 5.78 Å². The van der Waals surface area contributed by atoms with E-state index in [4.69, 9.17) is 5.26 Å². The van der Waals surface area contributed by atoms with Gasteiger partial charge in [-0.1, -0.05) is 44.2 Å². The summed E-state index contributed by atoms with van der Waals surface area (Å²) in [6.07, 6.45) is 5.37. The van der Waals surface area contributed by atoms with Gasteiger partial charge in [0.2, 0.25) is 0 Å². The van der Waals surface area contributed by atoms with Crippen molar-refractivity contribution in [3.63, 3.8) is 0 Å². The Morgan fingerprint density at radius 1 is 1.17 bits per heavy atom. The Hall–Kier alpha value is -2.58. The molecule has 0 aliphatic carbocycles. The largest absolute Gasteiger partial charge is 0.298 e.